The maximum Gasteiger partial charge on any atom is 0.338 e. The molecule has 1 aliphatic heterocycles. The van der Waals surface area contributed by atoms with Gasteiger partial charge in [-0.05, 0) is 30.9 Å². The minimum absolute atomic E-state index is 0.341. The van der Waals surface area contributed by atoms with E-state index in [1.165, 1.54) is 31.0 Å². The first-order chi connectivity index (χ1) is 11.0. The van der Waals surface area contributed by atoms with Gasteiger partial charge in [0.1, 0.15) is 11.9 Å². The Balaban J connectivity index is 2.18. The summed E-state index contributed by atoms with van der Waals surface area (Å²) in [4.78, 5) is 16.6. The first-order valence-electron chi connectivity index (χ1n) is 6.87. The van der Waals surface area contributed by atoms with Gasteiger partial charge in [-0.2, -0.15) is 4.98 Å². The van der Waals surface area contributed by atoms with Crippen LogP contribution in [0.1, 0.15) is 18.5 Å². The molecule has 0 aliphatic carbocycles. The van der Waals surface area contributed by atoms with E-state index in [1.54, 1.807) is 23.7 Å². The number of methoxy groups -OCH3 is 1. The van der Waals surface area contributed by atoms with Crippen molar-refractivity contribution in [3.8, 4) is 0 Å². The highest BCUT2D eigenvalue weighted by atomic mass is 32.2. The summed E-state index contributed by atoms with van der Waals surface area (Å²) in [6.07, 6.45) is 1.87. The van der Waals surface area contributed by atoms with E-state index in [9.17, 15) is 9.18 Å². The molecule has 6 nitrogen and oxygen atoms in total. The lowest BCUT2D eigenvalue weighted by atomic mass is 9.96. The molecule has 0 bridgehead atoms. The summed E-state index contributed by atoms with van der Waals surface area (Å²) in [5.74, 6) is -0.267. The molecule has 23 heavy (non-hydrogen) atoms. The number of nitrogens with zero attached hydrogens (tertiary/aromatic N) is 3. The van der Waals surface area contributed by atoms with E-state index in [0.29, 0.717) is 22.4 Å². The van der Waals surface area contributed by atoms with Gasteiger partial charge in [0.15, 0.2) is 0 Å². The predicted octanol–water partition coefficient (Wildman–Crippen LogP) is 2.60. The van der Waals surface area contributed by atoms with E-state index < -0.39 is 12.0 Å². The zero-order chi connectivity index (χ0) is 16.6. The van der Waals surface area contributed by atoms with E-state index in [4.69, 9.17) is 4.74 Å². The summed E-state index contributed by atoms with van der Waals surface area (Å²) in [7, 11) is 1.33. The molecule has 2 aromatic rings. The summed E-state index contributed by atoms with van der Waals surface area (Å²) in [5.41, 5.74) is 1.79. The van der Waals surface area contributed by atoms with Gasteiger partial charge in [-0.25, -0.2) is 13.9 Å². The Labute approximate surface area is 136 Å². The summed E-state index contributed by atoms with van der Waals surface area (Å²) < 4.78 is 19.8. The highest BCUT2D eigenvalue weighted by molar-refractivity contribution is 7.98. The van der Waals surface area contributed by atoms with E-state index >= 15 is 0 Å². The van der Waals surface area contributed by atoms with Crippen molar-refractivity contribution < 1.29 is 13.9 Å². The Hall–Kier alpha value is -2.35. The molecule has 0 amide bonds. The van der Waals surface area contributed by atoms with Crippen molar-refractivity contribution in [2.24, 2.45) is 0 Å². The molecule has 1 N–H and O–H groups in total. The van der Waals surface area contributed by atoms with Crippen molar-refractivity contribution in [1.29, 1.82) is 0 Å². The van der Waals surface area contributed by atoms with Gasteiger partial charge in [-0.15, -0.1) is 5.10 Å². The maximum atomic E-state index is 13.3. The number of thioether (sulfide) groups is 1. The van der Waals surface area contributed by atoms with Gasteiger partial charge in [-0.3, -0.25) is 0 Å². The van der Waals surface area contributed by atoms with Gasteiger partial charge in [0.2, 0.25) is 11.1 Å². The number of carbonyl (C=O) groups is 1. The SMILES string of the molecule is COC(=O)C1=C(C)Nc2nc(SC)nn2[C@@H]1c1ccc(F)cc1. The van der Waals surface area contributed by atoms with Crippen LogP contribution in [0.5, 0.6) is 0 Å². The fourth-order valence-electron chi connectivity index (χ4n) is 2.55. The molecule has 1 aromatic carbocycles. The number of esters is 1. The van der Waals surface area contributed by atoms with E-state index in [1.807, 2.05) is 6.26 Å². The smallest absolute Gasteiger partial charge is 0.338 e. The van der Waals surface area contributed by atoms with E-state index in [2.05, 4.69) is 15.4 Å². The average Bonchev–Trinajstić information content (AvgIpc) is 2.96. The number of nitrogens with one attached hydrogen (secondary N) is 1. The van der Waals surface area contributed by atoms with Gasteiger partial charge >= 0.3 is 5.97 Å². The molecule has 3 rings (SSSR count). The summed E-state index contributed by atoms with van der Waals surface area (Å²) >= 11 is 1.40. The van der Waals surface area contributed by atoms with Gasteiger partial charge in [0, 0.05) is 5.70 Å². The highest BCUT2D eigenvalue weighted by Crippen LogP contribution is 2.36. The first kappa shape index (κ1) is 15.5. The third-order valence-electron chi connectivity index (χ3n) is 3.61. The average molecular weight is 334 g/mol. The molecule has 0 unspecified atom stereocenters. The first-order valence-corrected chi connectivity index (χ1v) is 8.09. The normalized spacial score (nSPS) is 16.8. The lowest BCUT2D eigenvalue weighted by molar-refractivity contribution is -0.136. The number of anilines is 1. The van der Waals surface area contributed by atoms with Crippen LogP contribution in [0.25, 0.3) is 0 Å². The van der Waals surface area contributed by atoms with Crippen molar-refractivity contribution in [2.75, 3.05) is 18.7 Å². The van der Waals surface area contributed by atoms with Crippen LogP contribution in [-0.4, -0.2) is 34.1 Å². The van der Waals surface area contributed by atoms with Gasteiger partial charge in [0.25, 0.3) is 0 Å². The van der Waals surface area contributed by atoms with Crippen LogP contribution in [0.3, 0.4) is 0 Å². The minimum Gasteiger partial charge on any atom is -0.466 e. The minimum atomic E-state index is -0.521. The van der Waals surface area contributed by atoms with Crippen LogP contribution in [0.2, 0.25) is 0 Å². The second-order valence-corrected chi connectivity index (χ2v) is 5.75. The molecule has 120 valence electrons. The Morgan fingerprint density at radius 2 is 2.09 bits per heavy atom. The molecule has 0 spiro atoms. The summed E-state index contributed by atoms with van der Waals surface area (Å²) in [6, 6.07) is 5.45. The number of rotatable bonds is 3. The van der Waals surface area contributed by atoms with E-state index in [-0.39, 0.29) is 5.82 Å². The standard InChI is InChI=1S/C15H15FN4O2S/c1-8-11(13(21)22-2)12(9-4-6-10(16)7-5-9)20-14(17-8)18-15(19-20)23-3/h4-7,12H,1-3H3,(H,17,18,19)/t12-/m1/s1. The van der Waals surface area contributed by atoms with Crippen LogP contribution < -0.4 is 5.32 Å². The monoisotopic (exact) mass is 334 g/mol. The van der Waals surface area contributed by atoms with Gasteiger partial charge in [0.05, 0.1) is 12.7 Å². The molecular weight excluding hydrogens is 319 g/mol. The van der Waals surface area contributed by atoms with Crippen molar-refractivity contribution in [3.63, 3.8) is 0 Å². The fourth-order valence-corrected chi connectivity index (χ4v) is 2.89. The molecule has 1 aliphatic rings. The molecule has 0 fully saturated rings. The lowest BCUT2D eigenvalue weighted by Crippen LogP contribution is -2.29. The number of benzene rings is 1. The Kier molecular flexibility index (Phi) is 4.08. The number of carbonyl (C=O) groups excluding carboxylic acids is 1. The second-order valence-electron chi connectivity index (χ2n) is 4.98. The maximum absolute atomic E-state index is 13.3. The zero-order valence-corrected chi connectivity index (χ0v) is 13.6. The number of ether oxygens (including phenoxy) is 1. The summed E-state index contributed by atoms with van der Waals surface area (Å²) in [5, 5.41) is 8.07. The summed E-state index contributed by atoms with van der Waals surface area (Å²) in [6.45, 7) is 1.78. The van der Waals surface area contributed by atoms with Gasteiger partial charge < -0.3 is 10.1 Å². The predicted molar refractivity (Wildman–Crippen MR) is 84.7 cm³/mol. The largest absolute Gasteiger partial charge is 0.466 e. The molecule has 8 heteroatoms. The molecule has 0 saturated heterocycles. The number of hydrogen-bond donors (Lipinski definition) is 1. The van der Waals surface area contributed by atoms with Crippen molar-refractivity contribution in [2.45, 2.75) is 18.1 Å². The van der Waals surface area contributed by atoms with Crippen LogP contribution in [0, 0.1) is 5.82 Å². The highest BCUT2D eigenvalue weighted by Gasteiger charge is 2.34. The number of aromatic nitrogens is 3. The number of allylic oxidation sites excluding steroid dienone is 1. The molecule has 0 saturated carbocycles. The Morgan fingerprint density at radius 1 is 1.39 bits per heavy atom. The van der Waals surface area contributed by atoms with E-state index in [0.717, 1.165) is 5.56 Å². The van der Waals surface area contributed by atoms with Crippen LogP contribution in [0.15, 0.2) is 40.7 Å². The number of hydrogen-bond acceptors (Lipinski definition) is 6. The topological polar surface area (TPSA) is 69.0 Å². The fraction of sp³-hybridized carbons (Fsp3) is 0.267. The van der Waals surface area contributed by atoms with Crippen molar-refractivity contribution >= 4 is 23.7 Å². The number of halogens is 1. The molecular formula is C15H15FN4O2S. The van der Waals surface area contributed by atoms with Gasteiger partial charge in [-0.1, -0.05) is 23.9 Å². The van der Waals surface area contributed by atoms with Crippen molar-refractivity contribution in [3.05, 3.63) is 46.9 Å². The Morgan fingerprint density at radius 3 is 2.70 bits per heavy atom. The van der Waals surface area contributed by atoms with Crippen molar-refractivity contribution in [1.82, 2.24) is 14.8 Å². The third kappa shape index (κ3) is 2.70. The zero-order valence-electron chi connectivity index (χ0n) is 12.8. The molecule has 0 radical (unpaired) electrons. The molecule has 1 atom stereocenters. The molecule has 2 heterocycles. The van der Waals surface area contributed by atoms with Crippen LogP contribution in [-0.2, 0) is 9.53 Å². The second kappa shape index (κ2) is 6.04. The lowest BCUT2D eigenvalue weighted by Gasteiger charge is -2.27. The van der Waals surface area contributed by atoms with Crippen LogP contribution in [0.4, 0.5) is 10.3 Å². The number of fused-ring (bicyclic) bond motifs is 1. The Bertz CT molecular complexity index is 785. The van der Waals surface area contributed by atoms with Crippen LogP contribution >= 0.6 is 11.8 Å². The quantitative estimate of drug-likeness (QED) is 0.687. The third-order valence-corrected chi connectivity index (χ3v) is 4.14. The molecule has 1 aromatic heterocycles.